The lowest BCUT2D eigenvalue weighted by atomic mass is 10.1. The summed E-state index contributed by atoms with van der Waals surface area (Å²) in [6.45, 7) is 6.48. The molecule has 0 saturated carbocycles. The summed E-state index contributed by atoms with van der Waals surface area (Å²) < 4.78 is 0. The number of amides is 2. The Hall–Kier alpha value is -2.53. The van der Waals surface area contributed by atoms with E-state index >= 15 is 0 Å². The highest BCUT2D eigenvalue weighted by molar-refractivity contribution is 5.90. The number of piperazine rings is 1. The third-order valence-electron chi connectivity index (χ3n) is 5.19. The number of hydrogen-bond donors (Lipinski definition) is 1. The Bertz CT molecular complexity index is 752. The van der Waals surface area contributed by atoms with Crippen LogP contribution in [0, 0.1) is 6.92 Å². The minimum Gasteiger partial charge on any atom is -0.378 e. The van der Waals surface area contributed by atoms with Gasteiger partial charge < -0.3 is 15.1 Å². The van der Waals surface area contributed by atoms with Crippen LogP contribution in [0.4, 0.5) is 16.2 Å². The molecule has 1 heterocycles. The number of rotatable bonds is 5. The van der Waals surface area contributed by atoms with E-state index in [-0.39, 0.29) is 6.03 Å². The number of anilines is 2. The van der Waals surface area contributed by atoms with Crippen LogP contribution >= 0.6 is 0 Å². The molecule has 2 amide bonds. The topological polar surface area (TPSA) is 38.8 Å². The number of benzene rings is 2. The quantitative estimate of drug-likeness (QED) is 0.881. The van der Waals surface area contributed by atoms with Gasteiger partial charge >= 0.3 is 6.03 Å². The smallest absolute Gasteiger partial charge is 0.321 e. The Morgan fingerprint density at radius 3 is 2.37 bits per heavy atom. The first kappa shape index (κ1) is 19.2. The number of carbonyl (C=O) groups is 1. The minimum absolute atomic E-state index is 0.00147. The maximum absolute atomic E-state index is 12.6. The number of hydrogen-bond acceptors (Lipinski definition) is 3. The number of carbonyl (C=O) groups excluding carboxylic acids is 1. The van der Waals surface area contributed by atoms with Gasteiger partial charge in [0.05, 0.1) is 0 Å². The van der Waals surface area contributed by atoms with E-state index in [9.17, 15) is 4.79 Å². The van der Waals surface area contributed by atoms with Crippen LogP contribution in [0.2, 0.25) is 0 Å². The standard InChI is InChI=1S/C22H30N4O/c1-18-17-20(24(2)3)9-10-21(18)23-22(27)26-15-13-25(14-16-26)12-11-19-7-5-4-6-8-19/h4-10,17H,11-16H2,1-3H3,(H,23,27). The third-order valence-corrected chi connectivity index (χ3v) is 5.19. The Morgan fingerprint density at radius 2 is 1.74 bits per heavy atom. The van der Waals surface area contributed by atoms with Crippen LogP contribution < -0.4 is 10.2 Å². The van der Waals surface area contributed by atoms with Gasteiger partial charge in [-0.1, -0.05) is 30.3 Å². The second-order valence-corrected chi connectivity index (χ2v) is 7.39. The van der Waals surface area contributed by atoms with Gasteiger partial charge in [0.1, 0.15) is 0 Å². The molecule has 27 heavy (non-hydrogen) atoms. The lowest BCUT2D eigenvalue weighted by molar-refractivity contribution is 0.148. The molecule has 3 rings (SSSR count). The van der Waals surface area contributed by atoms with Crippen molar-refractivity contribution >= 4 is 17.4 Å². The molecule has 1 saturated heterocycles. The summed E-state index contributed by atoms with van der Waals surface area (Å²) in [6.07, 6.45) is 1.06. The Morgan fingerprint density at radius 1 is 1.04 bits per heavy atom. The van der Waals surface area contributed by atoms with Crippen LogP contribution in [0.1, 0.15) is 11.1 Å². The minimum atomic E-state index is -0.00147. The number of aryl methyl sites for hydroxylation is 1. The van der Waals surface area contributed by atoms with Crippen molar-refractivity contribution in [1.29, 1.82) is 0 Å². The summed E-state index contributed by atoms with van der Waals surface area (Å²) >= 11 is 0. The molecule has 0 radical (unpaired) electrons. The van der Waals surface area contributed by atoms with Crippen LogP contribution in [0.5, 0.6) is 0 Å². The maximum Gasteiger partial charge on any atom is 0.321 e. The fourth-order valence-electron chi connectivity index (χ4n) is 3.37. The Labute approximate surface area is 162 Å². The molecule has 144 valence electrons. The molecule has 0 bridgehead atoms. The Kier molecular flexibility index (Phi) is 6.35. The largest absolute Gasteiger partial charge is 0.378 e. The zero-order valence-corrected chi connectivity index (χ0v) is 16.6. The van der Waals surface area contributed by atoms with Gasteiger partial charge in [0.2, 0.25) is 0 Å². The molecule has 1 aliphatic heterocycles. The Balaban J connectivity index is 1.47. The predicted molar refractivity (Wildman–Crippen MR) is 113 cm³/mol. The molecule has 2 aromatic rings. The van der Waals surface area contributed by atoms with Crippen molar-refractivity contribution < 1.29 is 4.79 Å². The molecule has 1 N–H and O–H groups in total. The fourth-order valence-corrected chi connectivity index (χ4v) is 3.37. The zero-order valence-electron chi connectivity index (χ0n) is 16.6. The SMILES string of the molecule is Cc1cc(N(C)C)ccc1NC(=O)N1CCN(CCc2ccccc2)CC1. The molecule has 0 aliphatic carbocycles. The second-order valence-electron chi connectivity index (χ2n) is 7.39. The van der Waals surface area contributed by atoms with E-state index in [1.807, 2.05) is 38.1 Å². The first-order valence-electron chi connectivity index (χ1n) is 9.63. The zero-order chi connectivity index (χ0) is 19.2. The highest BCUT2D eigenvalue weighted by Crippen LogP contribution is 2.21. The van der Waals surface area contributed by atoms with E-state index in [4.69, 9.17) is 0 Å². The summed E-state index contributed by atoms with van der Waals surface area (Å²) in [7, 11) is 4.04. The van der Waals surface area contributed by atoms with Gasteiger partial charge in [0, 0.05) is 58.2 Å². The molecule has 0 aromatic heterocycles. The van der Waals surface area contributed by atoms with Crippen molar-refractivity contribution in [1.82, 2.24) is 9.80 Å². The molecule has 0 unspecified atom stereocenters. The first-order chi connectivity index (χ1) is 13.0. The van der Waals surface area contributed by atoms with E-state index in [0.29, 0.717) is 0 Å². The second kappa shape index (κ2) is 8.91. The third kappa shape index (κ3) is 5.23. The molecule has 5 nitrogen and oxygen atoms in total. The average molecular weight is 367 g/mol. The van der Waals surface area contributed by atoms with E-state index in [1.54, 1.807) is 0 Å². The molecule has 1 aliphatic rings. The molecule has 5 heteroatoms. The highest BCUT2D eigenvalue weighted by Gasteiger charge is 2.21. The van der Waals surface area contributed by atoms with Gasteiger partial charge in [-0.3, -0.25) is 4.90 Å². The molecule has 0 atom stereocenters. The van der Waals surface area contributed by atoms with Crippen LogP contribution in [0.3, 0.4) is 0 Å². The number of nitrogens with one attached hydrogen (secondary N) is 1. The van der Waals surface area contributed by atoms with Crippen LogP contribution in [-0.2, 0) is 6.42 Å². The van der Waals surface area contributed by atoms with E-state index in [2.05, 4.69) is 51.5 Å². The molecule has 0 spiro atoms. The number of nitrogens with zero attached hydrogens (tertiary/aromatic N) is 3. The molecule has 1 fully saturated rings. The first-order valence-corrected chi connectivity index (χ1v) is 9.63. The summed E-state index contributed by atoms with van der Waals surface area (Å²) in [6, 6.07) is 16.7. The van der Waals surface area contributed by atoms with Crippen LogP contribution in [0.25, 0.3) is 0 Å². The molecular formula is C22H30N4O. The van der Waals surface area contributed by atoms with Crippen molar-refractivity contribution in [2.45, 2.75) is 13.3 Å². The van der Waals surface area contributed by atoms with E-state index in [1.165, 1.54) is 5.56 Å². The van der Waals surface area contributed by atoms with E-state index in [0.717, 1.165) is 56.1 Å². The van der Waals surface area contributed by atoms with Gasteiger partial charge in [0.15, 0.2) is 0 Å². The predicted octanol–water partition coefficient (Wildman–Crippen LogP) is 3.45. The molecular weight excluding hydrogens is 336 g/mol. The van der Waals surface area contributed by atoms with Crippen LogP contribution in [-0.4, -0.2) is 62.7 Å². The van der Waals surface area contributed by atoms with Gasteiger partial charge in [-0.25, -0.2) is 4.79 Å². The average Bonchev–Trinajstić information content (AvgIpc) is 2.69. The van der Waals surface area contributed by atoms with Gasteiger partial charge in [0.25, 0.3) is 0 Å². The normalized spacial score (nSPS) is 14.9. The lowest BCUT2D eigenvalue weighted by Crippen LogP contribution is -2.50. The molecule has 2 aromatic carbocycles. The summed E-state index contributed by atoms with van der Waals surface area (Å²) in [5.74, 6) is 0. The van der Waals surface area contributed by atoms with Crippen LogP contribution in [0.15, 0.2) is 48.5 Å². The van der Waals surface area contributed by atoms with Crippen molar-refractivity contribution in [3.8, 4) is 0 Å². The van der Waals surface area contributed by atoms with E-state index < -0.39 is 0 Å². The summed E-state index contributed by atoms with van der Waals surface area (Å²) in [5, 5.41) is 3.07. The highest BCUT2D eigenvalue weighted by atomic mass is 16.2. The van der Waals surface area contributed by atoms with Crippen molar-refractivity contribution in [2.75, 3.05) is 57.0 Å². The summed E-state index contributed by atoms with van der Waals surface area (Å²) in [4.78, 5) is 19.0. The van der Waals surface area contributed by atoms with Gasteiger partial charge in [-0.05, 0) is 42.7 Å². The fraction of sp³-hybridized carbons (Fsp3) is 0.409. The van der Waals surface area contributed by atoms with Crippen molar-refractivity contribution in [3.63, 3.8) is 0 Å². The maximum atomic E-state index is 12.6. The monoisotopic (exact) mass is 366 g/mol. The number of urea groups is 1. The van der Waals surface area contributed by atoms with Gasteiger partial charge in [-0.15, -0.1) is 0 Å². The van der Waals surface area contributed by atoms with Crippen molar-refractivity contribution in [2.24, 2.45) is 0 Å². The van der Waals surface area contributed by atoms with Crippen molar-refractivity contribution in [3.05, 3.63) is 59.7 Å². The van der Waals surface area contributed by atoms with Gasteiger partial charge in [-0.2, -0.15) is 0 Å². The summed E-state index contributed by atoms with van der Waals surface area (Å²) in [5.41, 5.74) is 4.47. The lowest BCUT2D eigenvalue weighted by Gasteiger charge is -2.34.